The van der Waals surface area contributed by atoms with Gasteiger partial charge in [-0.15, -0.1) is 0 Å². The third kappa shape index (κ3) is 2.58. The highest BCUT2D eigenvalue weighted by molar-refractivity contribution is 7.89. The zero-order chi connectivity index (χ0) is 11.8. The first-order chi connectivity index (χ1) is 6.73. The number of rotatable bonds is 2. The van der Waals surface area contributed by atoms with E-state index in [-0.39, 0.29) is 0 Å². The van der Waals surface area contributed by atoms with Gasteiger partial charge in [-0.25, -0.2) is 31.7 Å². The Labute approximate surface area is 87.9 Å². The van der Waals surface area contributed by atoms with Crippen LogP contribution in [-0.4, -0.2) is 13.4 Å². The molecule has 1 aromatic rings. The van der Waals surface area contributed by atoms with Gasteiger partial charge in [-0.2, -0.15) is 0 Å². The van der Waals surface area contributed by atoms with Crippen molar-refractivity contribution in [1.29, 1.82) is 0 Å². The Balaban J connectivity index is 3.50. The molecule has 0 atom stereocenters. The van der Waals surface area contributed by atoms with Crippen LogP contribution in [0.4, 0.5) is 13.2 Å². The zero-order valence-corrected chi connectivity index (χ0v) is 8.49. The summed E-state index contributed by atoms with van der Waals surface area (Å²) < 4.78 is 58.8. The largest absolute Gasteiger partial charge is 0.281 e. The van der Waals surface area contributed by atoms with Gasteiger partial charge in [0.1, 0.15) is 5.69 Å². The number of nitrogens with two attached hydrogens (primary N) is 1. The van der Waals surface area contributed by atoms with Crippen molar-refractivity contribution in [1.82, 2.24) is 4.98 Å². The molecule has 0 spiro atoms. The van der Waals surface area contributed by atoms with Crippen molar-refractivity contribution < 1.29 is 21.6 Å². The van der Waals surface area contributed by atoms with Crippen molar-refractivity contribution in [2.24, 2.45) is 5.14 Å². The van der Waals surface area contributed by atoms with E-state index in [9.17, 15) is 21.6 Å². The van der Waals surface area contributed by atoms with Crippen LogP contribution in [0.5, 0.6) is 0 Å². The summed E-state index contributed by atoms with van der Waals surface area (Å²) in [5.41, 5.74) is -1.03. The number of aromatic nitrogens is 1. The van der Waals surface area contributed by atoms with E-state index in [0.29, 0.717) is 6.07 Å². The first-order valence-electron chi connectivity index (χ1n) is 3.40. The normalized spacial score (nSPS) is 12.1. The van der Waals surface area contributed by atoms with E-state index < -0.39 is 38.0 Å². The molecule has 1 heterocycles. The standard InChI is InChI=1S/C6H4ClF3N2O2S/c7-2-1-3(8)6(15(11,13)14)12-4(2)5(9)10/h1,5H,(H2,11,13,14). The third-order valence-corrected chi connectivity index (χ3v) is 2.53. The Morgan fingerprint density at radius 1 is 1.47 bits per heavy atom. The number of hydrogen-bond acceptors (Lipinski definition) is 3. The van der Waals surface area contributed by atoms with Gasteiger partial charge in [-0.3, -0.25) is 0 Å². The second kappa shape index (κ2) is 3.95. The van der Waals surface area contributed by atoms with Crippen molar-refractivity contribution >= 4 is 21.6 Å². The van der Waals surface area contributed by atoms with Gasteiger partial charge in [0.05, 0.1) is 5.02 Å². The molecule has 9 heteroatoms. The molecule has 0 unspecified atom stereocenters. The average Bonchev–Trinajstić information content (AvgIpc) is 2.00. The molecular weight excluding hydrogens is 257 g/mol. The zero-order valence-electron chi connectivity index (χ0n) is 6.92. The monoisotopic (exact) mass is 260 g/mol. The van der Waals surface area contributed by atoms with Gasteiger partial charge in [0.15, 0.2) is 5.82 Å². The average molecular weight is 261 g/mol. The third-order valence-electron chi connectivity index (χ3n) is 1.40. The van der Waals surface area contributed by atoms with Gasteiger partial charge in [0.2, 0.25) is 5.03 Å². The molecule has 0 aromatic carbocycles. The summed E-state index contributed by atoms with van der Waals surface area (Å²) in [6.45, 7) is 0. The summed E-state index contributed by atoms with van der Waals surface area (Å²) in [5, 5.41) is 2.65. The van der Waals surface area contributed by atoms with Crippen molar-refractivity contribution in [3.63, 3.8) is 0 Å². The van der Waals surface area contributed by atoms with E-state index in [0.717, 1.165) is 0 Å². The minimum Gasteiger partial charge on any atom is -0.230 e. The number of nitrogens with zero attached hydrogens (tertiary/aromatic N) is 1. The quantitative estimate of drug-likeness (QED) is 0.875. The van der Waals surface area contributed by atoms with Gasteiger partial charge >= 0.3 is 0 Å². The Morgan fingerprint density at radius 3 is 2.40 bits per heavy atom. The predicted molar refractivity (Wildman–Crippen MR) is 45.5 cm³/mol. The molecule has 0 bridgehead atoms. The Hall–Kier alpha value is -0.860. The van der Waals surface area contributed by atoms with E-state index in [1.807, 2.05) is 0 Å². The number of sulfonamides is 1. The van der Waals surface area contributed by atoms with Crippen molar-refractivity contribution in [3.8, 4) is 0 Å². The van der Waals surface area contributed by atoms with E-state index in [2.05, 4.69) is 10.1 Å². The van der Waals surface area contributed by atoms with Gasteiger partial charge in [0.25, 0.3) is 16.4 Å². The highest BCUT2D eigenvalue weighted by atomic mass is 35.5. The maximum Gasteiger partial charge on any atom is 0.281 e. The molecule has 0 aliphatic heterocycles. The van der Waals surface area contributed by atoms with Crippen LogP contribution in [0.25, 0.3) is 0 Å². The van der Waals surface area contributed by atoms with E-state index >= 15 is 0 Å². The van der Waals surface area contributed by atoms with Crippen LogP contribution in [0.2, 0.25) is 5.02 Å². The predicted octanol–water partition coefficient (Wildman–Crippen LogP) is 1.46. The summed E-state index contributed by atoms with van der Waals surface area (Å²) in [5.74, 6) is -1.37. The number of pyridine rings is 1. The minimum absolute atomic E-state index is 0.426. The van der Waals surface area contributed by atoms with E-state index in [1.54, 1.807) is 0 Å². The summed E-state index contributed by atoms with van der Waals surface area (Å²) in [7, 11) is -4.48. The maximum absolute atomic E-state index is 12.9. The molecule has 84 valence electrons. The molecule has 0 amide bonds. The molecule has 4 nitrogen and oxygen atoms in total. The topological polar surface area (TPSA) is 73.1 Å². The van der Waals surface area contributed by atoms with Crippen LogP contribution >= 0.6 is 11.6 Å². The van der Waals surface area contributed by atoms with Crippen molar-refractivity contribution in [3.05, 3.63) is 22.6 Å². The van der Waals surface area contributed by atoms with Crippen LogP contribution in [0.15, 0.2) is 11.1 Å². The number of alkyl halides is 2. The number of hydrogen-bond donors (Lipinski definition) is 1. The SMILES string of the molecule is NS(=O)(=O)c1nc(C(F)F)c(Cl)cc1F. The molecule has 1 rings (SSSR count). The second-order valence-corrected chi connectivity index (χ2v) is 4.37. The summed E-state index contributed by atoms with van der Waals surface area (Å²) >= 11 is 5.23. The summed E-state index contributed by atoms with van der Waals surface area (Å²) in [6, 6.07) is 0.426. The molecule has 0 radical (unpaired) electrons. The number of halogens is 4. The fourth-order valence-corrected chi connectivity index (χ4v) is 1.59. The molecule has 0 saturated heterocycles. The lowest BCUT2D eigenvalue weighted by atomic mass is 10.3. The maximum atomic E-state index is 12.9. The molecule has 2 N–H and O–H groups in total. The lowest BCUT2D eigenvalue weighted by Crippen LogP contribution is -2.17. The molecule has 1 aromatic heterocycles. The molecule has 0 saturated carbocycles. The summed E-state index contributed by atoms with van der Waals surface area (Å²) in [4.78, 5) is 2.87. The molecule has 0 aliphatic rings. The molecule has 0 aliphatic carbocycles. The van der Waals surface area contributed by atoms with Gasteiger partial charge < -0.3 is 0 Å². The smallest absolute Gasteiger partial charge is 0.230 e. The van der Waals surface area contributed by atoms with Crippen LogP contribution in [-0.2, 0) is 10.0 Å². The van der Waals surface area contributed by atoms with Crippen LogP contribution in [0, 0.1) is 5.82 Å². The fraction of sp³-hybridized carbons (Fsp3) is 0.167. The Bertz CT molecular complexity index is 491. The minimum atomic E-state index is -4.48. The van der Waals surface area contributed by atoms with Gasteiger partial charge in [0, 0.05) is 0 Å². The summed E-state index contributed by atoms with van der Waals surface area (Å²) in [6.07, 6.45) is -3.11. The highest BCUT2D eigenvalue weighted by Crippen LogP contribution is 2.27. The van der Waals surface area contributed by atoms with E-state index in [4.69, 9.17) is 11.6 Å². The molecular formula is C6H4ClF3N2O2S. The second-order valence-electron chi connectivity index (χ2n) is 2.49. The Kier molecular flexibility index (Phi) is 3.22. The Morgan fingerprint density at radius 2 is 2.00 bits per heavy atom. The van der Waals surface area contributed by atoms with Crippen LogP contribution < -0.4 is 5.14 Å². The first-order valence-corrected chi connectivity index (χ1v) is 5.33. The first kappa shape index (κ1) is 12.2. The van der Waals surface area contributed by atoms with Crippen molar-refractivity contribution in [2.45, 2.75) is 11.5 Å². The van der Waals surface area contributed by atoms with Gasteiger partial charge in [-0.1, -0.05) is 11.6 Å². The van der Waals surface area contributed by atoms with Gasteiger partial charge in [-0.05, 0) is 6.07 Å². The highest BCUT2D eigenvalue weighted by Gasteiger charge is 2.23. The van der Waals surface area contributed by atoms with Crippen LogP contribution in [0.3, 0.4) is 0 Å². The molecule has 15 heavy (non-hydrogen) atoms. The molecule has 0 fully saturated rings. The van der Waals surface area contributed by atoms with E-state index in [1.165, 1.54) is 0 Å². The number of primary sulfonamides is 1. The lowest BCUT2D eigenvalue weighted by molar-refractivity contribution is 0.145. The fourth-order valence-electron chi connectivity index (χ4n) is 0.816. The van der Waals surface area contributed by atoms with Crippen LogP contribution in [0.1, 0.15) is 12.1 Å². The lowest BCUT2D eigenvalue weighted by Gasteiger charge is -2.05. The van der Waals surface area contributed by atoms with Crippen molar-refractivity contribution in [2.75, 3.05) is 0 Å².